The molecule has 0 heterocycles. The largest absolute Gasteiger partial charge is 0.381 e. The van der Waals surface area contributed by atoms with Gasteiger partial charge in [0.1, 0.15) is 5.78 Å². The highest BCUT2D eigenvalue weighted by atomic mass is 16.5. The van der Waals surface area contributed by atoms with Gasteiger partial charge in [0, 0.05) is 19.4 Å². The van der Waals surface area contributed by atoms with Crippen LogP contribution in [0.1, 0.15) is 44.9 Å². The van der Waals surface area contributed by atoms with Crippen molar-refractivity contribution in [3.63, 3.8) is 0 Å². The maximum atomic E-state index is 11.9. The minimum absolute atomic E-state index is 0.222. The van der Waals surface area contributed by atoms with Crippen molar-refractivity contribution in [3.05, 3.63) is 0 Å². The number of ether oxygens (including phenoxy) is 1. The van der Waals surface area contributed by atoms with E-state index in [9.17, 15) is 4.79 Å². The zero-order valence-corrected chi connectivity index (χ0v) is 9.00. The molecule has 2 rings (SSSR count). The second-order valence-corrected chi connectivity index (χ2v) is 4.70. The standard InChI is InChI=1S/C12H20O2/c1-14-11-8-4-6-9-5-2-3-7-10(13)12(9)11/h9,11-12H,2-8H2,1H3/t9-,11+,12-/m1/s1. The van der Waals surface area contributed by atoms with E-state index in [0.29, 0.717) is 11.7 Å². The first kappa shape index (κ1) is 10.2. The summed E-state index contributed by atoms with van der Waals surface area (Å²) in [5, 5.41) is 0. The number of hydrogen-bond donors (Lipinski definition) is 0. The molecule has 14 heavy (non-hydrogen) atoms. The molecular formula is C12H20O2. The lowest BCUT2D eigenvalue weighted by Gasteiger charge is -2.35. The Hall–Kier alpha value is -0.370. The molecule has 0 N–H and O–H groups in total. The monoisotopic (exact) mass is 196 g/mol. The summed E-state index contributed by atoms with van der Waals surface area (Å²) in [6.07, 6.45) is 8.18. The van der Waals surface area contributed by atoms with Crippen LogP contribution in [0.3, 0.4) is 0 Å². The fraction of sp³-hybridized carbons (Fsp3) is 0.917. The van der Waals surface area contributed by atoms with Crippen molar-refractivity contribution >= 4 is 5.78 Å². The van der Waals surface area contributed by atoms with Gasteiger partial charge >= 0.3 is 0 Å². The second kappa shape index (κ2) is 4.43. The van der Waals surface area contributed by atoms with Gasteiger partial charge in [-0.1, -0.05) is 12.8 Å². The summed E-state index contributed by atoms with van der Waals surface area (Å²) >= 11 is 0. The topological polar surface area (TPSA) is 26.3 Å². The summed E-state index contributed by atoms with van der Waals surface area (Å²) in [6, 6.07) is 0. The van der Waals surface area contributed by atoms with E-state index in [-0.39, 0.29) is 12.0 Å². The van der Waals surface area contributed by atoms with Crippen molar-refractivity contribution in [3.8, 4) is 0 Å². The fourth-order valence-electron chi connectivity index (χ4n) is 3.17. The lowest BCUT2D eigenvalue weighted by molar-refractivity contribution is -0.131. The Kier molecular flexibility index (Phi) is 3.22. The molecule has 2 aliphatic rings. The van der Waals surface area contributed by atoms with Gasteiger partial charge in [0.2, 0.25) is 0 Å². The van der Waals surface area contributed by atoms with E-state index in [4.69, 9.17) is 4.74 Å². The Balaban J connectivity index is 2.13. The molecular weight excluding hydrogens is 176 g/mol. The molecule has 0 aromatic heterocycles. The van der Waals surface area contributed by atoms with Gasteiger partial charge in [0.05, 0.1) is 6.10 Å². The van der Waals surface area contributed by atoms with Crippen LogP contribution in [0.25, 0.3) is 0 Å². The van der Waals surface area contributed by atoms with Crippen LogP contribution >= 0.6 is 0 Å². The SMILES string of the molecule is CO[C@H]1CCC[C@H]2CCCCC(=O)[C@@H]21. The van der Waals surface area contributed by atoms with Crippen LogP contribution in [0.5, 0.6) is 0 Å². The van der Waals surface area contributed by atoms with Crippen LogP contribution in [0.15, 0.2) is 0 Å². The molecule has 2 saturated carbocycles. The Morgan fingerprint density at radius 1 is 1.14 bits per heavy atom. The summed E-state index contributed by atoms with van der Waals surface area (Å²) in [4.78, 5) is 11.9. The lowest BCUT2D eigenvalue weighted by atomic mass is 9.74. The third kappa shape index (κ3) is 1.85. The lowest BCUT2D eigenvalue weighted by Crippen LogP contribution is -2.38. The number of carbonyl (C=O) groups excluding carboxylic acids is 1. The zero-order chi connectivity index (χ0) is 9.97. The van der Waals surface area contributed by atoms with Crippen LogP contribution in [0.4, 0.5) is 0 Å². The first-order chi connectivity index (χ1) is 6.83. The van der Waals surface area contributed by atoms with Crippen molar-refractivity contribution in [1.82, 2.24) is 0 Å². The Morgan fingerprint density at radius 2 is 1.93 bits per heavy atom. The maximum Gasteiger partial charge on any atom is 0.138 e. The zero-order valence-electron chi connectivity index (χ0n) is 9.00. The maximum absolute atomic E-state index is 11.9. The summed E-state index contributed by atoms with van der Waals surface area (Å²) in [7, 11) is 1.76. The molecule has 0 bridgehead atoms. The summed E-state index contributed by atoms with van der Waals surface area (Å²) in [6.45, 7) is 0. The first-order valence-corrected chi connectivity index (χ1v) is 5.88. The van der Waals surface area contributed by atoms with Crippen LogP contribution < -0.4 is 0 Å². The number of methoxy groups -OCH3 is 1. The predicted molar refractivity (Wildman–Crippen MR) is 55.1 cm³/mol. The van der Waals surface area contributed by atoms with Crippen LogP contribution in [0.2, 0.25) is 0 Å². The van der Waals surface area contributed by atoms with Gasteiger partial charge in [0.15, 0.2) is 0 Å². The van der Waals surface area contributed by atoms with Gasteiger partial charge in [-0.2, -0.15) is 0 Å². The first-order valence-electron chi connectivity index (χ1n) is 5.88. The summed E-state index contributed by atoms with van der Waals surface area (Å²) in [5.74, 6) is 1.33. The second-order valence-electron chi connectivity index (χ2n) is 4.70. The highest BCUT2D eigenvalue weighted by molar-refractivity contribution is 5.82. The van der Waals surface area contributed by atoms with Gasteiger partial charge in [-0.15, -0.1) is 0 Å². The van der Waals surface area contributed by atoms with Crippen molar-refractivity contribution in [2.45, 2.75) is 51.0 Å². The molecule has 2 fully saturated rings. The molecule has 0 aromatic carbocycles. The number of ketones is 1. The van der Waals surface area contributed by atoms with E-state index in [1.807, 2.05) is 0 Å². The molecule has 80 valence electrons. The minimum atomic E-state index is 0.222. The van der Waals surface area contributed by atoms with E-state index in [1.54, 1.807) is 7.11 Å². The van der Waals surface area contributed by atoms with Gasteiger partial charge in [0.25, 0.3) is 0 Å². The van der Waals surface area contributed by atoms with Gasteiger partial charge in [-0.3, -0.25) is 4.79 Å². The molecule has 0 saturated heterocycles. The van der Waals surface area contributed by atoms with E-state index >= 15 is 0 Å². The van der Waals surface area contributed by atoms with E-state index < -0.39 is 0 Å². The third-order valence-electron chi connectivity index (χ3n) is 3.89. The molecule has 0 amide bonds. The smallest absolute Gasteiger partial charge is 0.138 e. The normalized spacial score (nSPS) is 38.9. The molecule has 0 spiro atoms. The summed E-state index contributed by atoms with van der Waals surface area (Å²) < 4.78 is 5.47. The minimum Gasteiger partial charge on any atom is -0.381 e. The van der Waals surface area contributed by atoms with Crippen molar-refractivity contribution in [2.24, 2.45) is 11.8 Å². The highest BCUT2D eigenvalue weighted by Gasteiger charge is 2.38. The number of hydrogen-bond acceptors (Lipinski definition) is 2. The fourth-order valence-corrected chi connectivity index (χ4v) is 3.17. The van der Waals surface area contributed by atoms with Crippen molar-refractivity contribution in [1.29, 1.82) is 0 Å². The molecule has 2 heteroatoms. The molecule has 3 atom stereocenters. The molecule has 0 radical (unpaired) electrons. The van der Waals surface area contributed by atoms with E-state index in [0.717, 1.165) is 19.3 Å². The Bertz CT molecular complexity index is 212. The number of fused-ring (bicyclic) bond motifs is 1. The quantitative estimate of drug-likeness (QED) is 0.644. The Morgan fingerprint density at radius 3 is 2.71 bits per heavy atom. The van der Waals surface area contributed by atoms with Gasteiger partial charge < -0.3 is 4.74 Å². The molecule has 2 nitrogen and oxygen atoms in total. The van der Waals surface area contributed by atoms with Crippen LogP contribution in [-0.2, 0) is 9.53 Å². The average molecular weight is 196 g/mol. The molecule has 2 aliphatic carbocycles. The summed E-state index contributed by atoms with van der Waals surface area (Å²) in [5.41, 5.74) is 0. The van der Waals surface area contributed by atoms with E-state index in [1.165, 1.54) is 25.7 Å². The highest BCUT2D eigenvalue weighted by Crippen LogP contribution is 2.38. The molecule has 0 aliphatic heterocycles. The van der Waals surface area contributed by atoms with Crippen LogP contribution in [-0.4, -0.2) is 19.0 Å². The molecule has 0 unspecified atom stereocenters. The number of Topliss-reactive ketones (excluding diaryl/α,β-unsaturated/α-hetero) is 1. The van der Waals surface area contributed by atoms with Crippen molar-refractivity contribution < 1.29 is 9.53 Å². The van der Waals surface area contributed by atoms with Crippen LogP contribution in [0, 0.1) is 11.8 Å². The molecule has 0 aromatic rings. The predicted octanol–water partition coefficient (Wildman–Crippen LogP) is 2.56. The van der Waals surface area contributed by atoms with Gasteiger partial charge in [-0.05, 0) is 31.6 Å². The number of carbonyl (C=O) groups is 1. The average Bonchev–Trinajstić information content (AvgIpc) is 2.40. The van der Waals surface area contributed by atoms with Crippen molar-refractivity contribution in [2.75, 3.05) is 7.11 Å². The van der Waals surface area contributed by atoms with E-state index in [2.05, 4.69) is 0 Å². The Labute approximate surface area is 86.0 Å². The number of rotatable bonds is 1. The third-order valence-corrected chi connectivity index (χ3v) is 3.89. The van der Waals surface area contributed by atoms with Gasteiger partial charge in [-0.25, -0.2) is 0 Å².